The average Bonchev–Trinajstić information content (AvgIpc) is 3.23. The van der Waals surface area contributed by atoms with E-state index >= 15 is 0 Å². The first-order valence-electron chi connectivity index (χ1n) is 9.75. The maximum absolute atomic E-state index is 13.1. The lowest BCUT2D eigenvalue weighted by molar-refractivity contribution is -0.135. The van der Waals surface area contributed by atoms with Crippen LogP contribution in [0.15, 0.2) is 52.1 Å². The maximum atomic E-state index is 13.1. The van der Waals surface area contributed by atoms with Crippen LogP contribution < -0.4 is 4.72 Å². The molecule has 1 aromatic heterocycles. The second-order valence-corrected chi connectivity index (χ2v) is 10.6. The Morgan fingerprint density at radius 1 is 1.14 bits per heavy atom. The van der Waals surface area contributed by atoms with Crippen LogP contribution in [0.3, 0.4) is 0 Å². The van der Waals surface area contributed by atoms with E-state index in [0.29, 0.717) is 19.0 Å². The third kappa shape index (κ3) is 5.21. The van der Waals surface area contributed by atoms with Gasteiger partial charge in [-0.1, -0.05) is 50.2 Å². The van der Waals surface area contributed by atoms with Gasteiger partial charge in [-0.05, 0) is 48.1 Å². The molecule has 1 unspecified atom stereocenters. The molecule has 7 heteroatoms. The third-order valence-electron chi connectivity index (χ3n) is 5.27. The number of amides is 1. The number of sulfonamides is 1. The van der Waals surface area contributed by atoms with E-state index in [0.717, 1.165) is 30.6 Å². The number of carbonyl (C=O) groups excluding carboxylic acids is 1. The summed E-state index contributed by atoms with van der Waals surface area (Å²) in [7, 11) is -3.68. The number of benzene rings is 1. The first kappa shape index (κ1) is 21.0. The lowest BCUT2D eigenvalue weighted by Crippen LogP contribution is -2.52. The molecule has 1 atom stereocenters. The van der Waals surface area contributed by atoms with E-state index in [1.165, 1.54) is 5.56 Å². The van der Waals surface area contributed by atoms with Gasteiger partial charge in [0.05, 0.1) is 0 Å². The predicted octanol–water partition coefficient (Wildman–Crippen LogP) is 3.53. The average molecular weight is 421 g/mol. The van der Waals surface area contributed by atoms with E-state index in [4.69, 9.17) is 0 Å². The number of thiophene rings is 1. The van der Waals surface area contributed by atoms with Gasteiger partial charge >= 0.3 is 0 Å². The largest absolute Gasteiger partial charge is 0.341 e. The van der Waals surface area contributed by atoms with Crippen molar-refractivity contribution < 1.29 is 13.2 Å². The van der Waals surface area contributed by atoms with Crippen LogP contribution in [0.25, 0.3) is 0 Å². The summed E-state index contributed by atoms with van der Waals surface area (Å²) in [5.74, 6) is 0.323. The van der Waals surface area contributed by atoms with Crippen LogP contribution >= 0.6 is 11.3 Å². The molecule has 1 aromatic carbocycles. The zero-order valence-electron chi connectivity index (χ0n) is 16.4. The predicted molar refractivity (Wildman–Crippen MR) is 113 cm³/mol. The van der Waals surface area contributed by atoms with Crippen molar-refractivity contribution in [1.82, 2.24) is 9.62 Å². The molecule has 0 radical (unpaired) electrons. The van der Waals surface area contributed by atoms with Gasteiger partial charge in [0.25, 0.3) is 10.0 Å². The standard InChI is InChI=1S/C21H28N2O3S2/c1-16(2)20(22-28(25,26)19-9-6-14-27-19)21(24)23-12-10-18(11-13-23)15-17-7-4-3-5-8-17/h3-9,14,16,18,20,22H,10-13,15H2,1-2H3. The van der Waals surface area contributed by atoms with Crippen molar-refractivity contribution in [1.29, 1.82) is 0 Å². The minimum Gasteiger partial charge on any atom is -0.341 e. The zero-order chi connectivity index (χ0) is 20.1. The topological polar surface area (TPSA) is 66.5 Å². The minimum absolute atomic E-state index is 0.117. The minimum atomic E-state index is -3.68. The highest BCUT2D eigenvalue weighted by Crippen LogP contribution is 2.24. The number of likely N-dealkylation sites (tertiary alicyclic amines) is 1. The van der Waals surface area contributed by atoms with Crippen LogP contribution in [0.4, 0.5) is 0 Å². The van der Waals surface area contributed by atoms with Gasteiger partial charge in [0.2, 0.25) is 5.91 Å². The molecular formula is C21H28N2O3S2. The van der Waals surface area contributed by atoms with E-state index < -0.39 is 16.1 Å². The van der Waals surface area contributed by atoms with E-state index in [2.05, 4.69) is 29.0 Å². The zero-order valence-corrected chi connectivity index (χ0v) is 18.0. The Morgan fingerprint density at radius 3 is 2.39 bits per heavy atom. The molecule has 1 saturated heterocycles. The summed E-state index contributed by atoms with van der Waals surface area (Å²) in [5, 5.41) is 1.72. The number of piperidine rings is 1. The SMILES string of the molecule is CC(C)C(NS(=O)(=O)c1cccs1)C(=O)N1CCC(Cc2ccccc2)CC1. The molecule has 5 nitrogen and oxygen atoms in total. The van der Waals surface area contributed by atoms with Gasteiger partial charge in [0.15, 0.2) is 0 Å². The number of nitrogens with one attached hydrogen (secondary N) is 1. The molecule has 1 N–H and O–H groups in total. The van der Waals surface area contributed by atoms with E-state index in [1.54, 1.807) is 17.5 Å². The first-order chi connectivity index (χ1) is 13.4. The summed E-state index contributed by atoms with van der Waals surface area (Å²) in [6.07, 6.45) is 2.92. The van der Waals surface area contributed by atoms with Crippen LogP contribution in [0.5, 0.6) is 0 Å². The molecule has 152 valence electrons. The summed E-state index contributed by atoms with van der Waals surface area (Å²) in [4.78, 5) is 14.9. The molecule has 1 aliphatic rings. The van der Waals surface area contributed by atoms with Gasteiger partial charge in [-0.2, -0.15) is 4.72 Å². The van der Waals surface area contributed by atoms with Crippen LogP contribution in [0.2, 0.25) is 0 Å². The van der Waals surface area contributed by atoms with Crippen molar-refractivity contribution in [3.05, 3.63) is 53.4 Å². The van der Waals surface area contributed by atoms with Gasteiger partial charge in [0, 0.05) is 13.1 Å². The molecule has 0 aliphatic carbocycles. The lowest BCUT2D eigenvalue weighted by atomic mass is 9.89. The monoisotopic (exact) mass is 420 g/mol. The summed E-state index contributed by atoms with van der Waals surface area (Å²) < 4.78 is 28.0. The summed E-state index contributed by atoms with van der Waals surface area (Å²) in [6, 6.07) is 12.9. The molecule has 1 amide bonds. The Morgan fingerprint density at radius 2 is 1.82 bits per heavy atom. The van der Waals surface area contributed by atoms with Crippen molar-refractivity contribution >= 4 is 27.3 Å². The summed E-state index contributed by atoms with van der Waals surface area (Å²) in [5.41, 5.74) is 1.33. The van der Waals surface area contributed by atoms with Gasteiger partial charge in [-0.25, -0.2) is 8.42 Å². The Labute approximate surface area is 171 Å². The van der Waals surface area contributed by atoms with Crippen LogP contribution in [0.1, 0.15) is 32.3 Å². The second kappa shape index (κ2) is 9.20. The fourth-order valence-corrected chi connectivity index (χ4v) is 5.96. The molecule has 0 spiro atoms. The lowest BCUT2D eigenvalue weighted by Gasteiger charge is -2.35. The second-order valence-electron chi connectivity index (χ2n) is 7.73. The van der Waals surface area contributed by atoms with Crippen LogP contribution in [0, 0.1) is 11.8 Å². The Kier molecular flexibility index (Phi) is 6.91. The van der Waals surface area contributed by atoms with Crippen LogP contribution in [-0.2, 0) is 21.2 Å². The van der Waals surface area contributed by atoms with Gasteiger partial charge in [-0.3, -0.25) is 4.79 Å². The number of hydrogen-bond acceptors (Lipinski definition) is 4. The fraction of sp³-hybridized carbons (Fsp3) is 0.476. The highest BCUT2D eigenvalue weighted by atomic mass is 32.2. The van der Waals surface area contributed by atoms with Gasteiger partial charge in [0.1, 0.15) is 10.3 Å². The highest BCUT2D eigenvalue weighted by molar-refractivity contribution is 7.91. The van der Waals surface area contributed by atoms with Crippen molar-refractivity contribution in [2.75, 3.05) is 13.1 Å². The molecule has 2 heterocycles. The van der Waals surface area contributed by atoms with Crippen LogP contribution in [-0.4, -0.2) is 38.4 Å². The Hall–Kier alpha value is -1.70. The van der Waals surface area contributed by atoms with Crippen molar-refractivity contribution in [3.63, 3.8) is 0 Å². The van der Waals surface area contributed by atoms with Crippen molar-refractivity contribution in [2.24, 2.45) is 11.8 Å². The normalized spacial score (nSPS) is 17.0. The molecule has 0 saturated carbocycles. The van der Waals surface area contributed by atoms with Gasteiger partial charge in [-0.15, -0.1) is 11.3 Å². The van der Waals surface area contributed by atoms with Crippen molar-refractivity contribution in [3.8, 4) is 0 Å². The smallest absolute Gasteiger partial charge is 0.250 e. The third-order valence-corrected chi connectivity index (χ3v) is 8.11. The number of rotatable bonds is 7. The molecule has 0 bridgehead atoms. The molecule has 2 aromatic rings. The first-order valence-corrected chi connectivity index (χ1v) is 12.1. The van der Waals surface area contributed by atoms with E-state index in [-0.39, 0.29) is 16.0 Å². The molecule has 1 aliphatic heterocycles. The van der Waals surface area contributed by atoms with Gasteiger partial charge < -0.3 is 4.90 Å². The van der Waals surface area contributed by atoms with E-state index in [9.17, 15) is 13.2 Å². The summed E-state index contributed by atoms with van der Waals surface area (Å²) >= 11 is 1.16. The molecule has 3 rings (SSSR count). The quantitative estimate of drug-likeness (QED) is 0.745. The number of carbonyl (C=O) groups is 1. The van der Waals surface area contributed by atoms with Crippen molar-refractivity contribution in [2.45, 2.75) is 43.4 Å². The maximum Gasteiger partial charge on any atom is 0.250 e. The highest BCUT2D eigenvalue weighted by Gasteiger charge is 2.33. The summed E-state index contributed by atoms with van der Waals surface area (Å²) in [6.45, 7) is 5.11. The number of hydrogen-bond donors (Lipinski definition) is 1. The molecular weight excluding hydrogens is 392 g/mol. The molecule has 1 fully saturated rings. The molecule has 28 heavy (non-hydrogen) atoms. The Bertz CT molecular complexity index is 856. The number of nitrogens with zero attached hydrogens (tertiary/aromatic N) is 1. The van der Waals surface area contributed by atoms with E-state index in [1.807, 2.05) is 24.8 Å². The Balaban J connectivity index is 1.60. The fourth-order valence-electron chi connectivity index (χ4n) is 3.61.